The van der Waals surface area contributed by atoms with E-state index in [2.05, 4.69) is 5.16 Å². The molecule has 0 spiro atoms. The second kappa shape index (κ2) is 8.65. The molecule has 148 valence electrons. The smallest absolute Gasteiger partial charge is 0.400 e. The molecule has 0 atom stereocenters. The Bertz CT molecular complexity index is 1040. The highest BCUT2D eigenvalue weighted by molar-refractivity contribution is 5.97. The predicted molar refractivity (Wildman–Crippen MR) is 98.7 cm³/mol. The second-order valence-corrected chi connectivity index (χ2v) is 5.67. The van der Waals surface area contributed by atoms with E-state index < -0.39 is 16.7 Å². The van der Waals surface area contributed by atoms with Crippen LogP contribution in [0, 0.1) is 15.9 Å². The number of nitrogens with zero attached hydrogens (tertiary/aromatic N) is 2. The third-order valence-electron chi connectivity index (χ3n) is 3.66. The number of nitro benzene ring substituents is 1. The predicted octanol–water partition coefficient (Wildman–Crippen LogP) is 3.38. The van der Waals surface area contributed by atoms with E-state index in [0.717, 1.165) is 0 Å². The summed E-state index contributed by atoms with van der Waals surface area (Å²) in [5.74, 6) is -0.817. The molecule has 0 aliphatic heterocycles. The van der Waals surface area contributed by atoms with Crippen molar-refractivity contribution in [3.8, 4) is 5.75 Å². The molecule has 0 radical (unpaired) electrons. The Kier molecular flexibility index (Phi) is 5.83. The summed E-state index contributed by atoms with van der Waals surface area (Å²) in [7, 11) is 0. The van der Waals surface area contributed by atoms with Crippen molar-refractivity contribution in [1.82, 2.24) is 0 Å². The van der Waals surface area contributed by atoms with Crippen molar-refractivity contribution in [1.29, 1.82) is 0 Å². The van der Waals surface area contributed by atoms with Gasteiger partial charge in [-0.1, -0.05) is 5.16 Å². The number of furan rings is 1. The molecule has 0 bridgehead atoms. The zero-order valence-electron chi connectivity index (χ0n) is 14.8. The van der Waals surface area contributed by atoms with Crippen LogP contribution in [0.3, 0.4) is 0 Å². The van der Waals surface area contributed by atoms with Crippen LogP contribution in [0.4, 0.5) is 10.1 Å². The lowest BCUT2D eigenvalue weighted by molar-refractivity contribution is -0.384. The first-order chi connectivity index (χ1) is 13.9. The van der Waals surface area contributed by atoms with Crippen LogP contribution < -0.4 is 10.5 Å². The van der Waals surface area contributed by atoms with Gasteiger partial charge >= 0.3 is 5.97 Å². The number of carbonyl (C=O) groups is 1. The molecular formula is C19H14FN3O6. The number of non-ortho nitro benzene ring substituents is 1. The van der Waals surface area contributed by atoms with Gasteiger partial charge in [-0.05, 0) is 48.5 Å². The average Bonchev–Trinajstić information content (AvgIpc) is 3.20. The van der Waals surface area contributed by atoms with Crippen molar-refractivity contribution in [3.63, 3.8) is 0 Å². The summed E-state index contributed by atoms with van der Waals surface area (Å²) in [6.07, 6.45) is 0. The van der Waals surface area contributed by atoms with Crippen LogP contribution in [-0.4, -0.2) is 16.7 Å². The normalized spacial score (nSPS) is 11.1. The van der Waals surface area contributed by atoms with Crippen molar-refractivity contribution in [2.75, 3.05) is 0 Å². The number of nitro groups is 1. The fourth-order valence-corrected chi connectivity index (χ4v) is 2.19. The van der Waals surface area contributed by atoms with Gasteiger partial charge in [0.25, 0.3) is 5.69 Å². The molecule has 0 saturated carbocycles. The zero-order chi connectivity index (χ0) is 20.8. The molecule has 2 N–H and O–H groups in total. The highest BCUT2D eigenvalue weighted by Gasteiger charge is 2.14. The maximum absolute atomic E-state index is 12.9. The van der Waals surface area contributed by atoms with E-state index in [1.54, 1.807) is 0 Å². The molecule has 1 heterocycles. The van der Waals surface area contributed by atoms with Crippen molar-refractivity contribution < 1.29 is 28.1 Å². The number of benzene rings is 2. The van der Waals surface area contributed by atoms with Crippen LogP contribution in [0.25, 0.3) is 0 Å². The number of rotatable bonds is 7. The van der Waals surface area contributed by atoms with Crippen LogP contribution in [0.2, 0.25) is 0 Å². The van der Waals surface area contributed by atoms with Gasteiger partial charge in [-0.25, -0.2) is 9.18 Å². The summed E-state index contributed by atoms with van der Waals surface area (Å²) in [5, 5.41) is 14.1. The number of oxime groups is 1. The van der Waals surface area contributed by atoms with E-state index in [9.17, 15) is 19.3 Å². The maximum atomic E-state index is 12.9. The molecule has 0 fully saturated rings. The van der Waals surface area contributed by atoms with Crippen molar-refractivity contribution in [2.24, 2.45) is 10.9 Å². The molecule has 0 unspecified atom stereocenters. The first-order valence-corrected chi connectivity index (χ1v) is 8.19. The van der Waals surface area contributed by atoms with E-state index in [-0.39, 0.29) is 23.9 Å². The van der Waals surface area contributed by atoms with Crippen LogP contribution in [0.1, 0.15) is 21.9 Å². The Hall–Kier alpha value is -4.21. The molecule has 29 heavy (non-hydrogen) atoms. The Morgan fingerprint density at radius 1 is 1.10 bits per heavy atom. The van der Waals surface area contributed by atoms with Gasteiger partial charge in [0.2, 0.25) is 5.76 Å². The lowest BCUT2D eigenvalue weighted by atomic mass is 10.2. The summed E-state index contributed by atoms with van der Waals surface area (Å²) in [6.45, 7) is -0.00786. The molecule has 2 aromatic carbocycles. The van der Waals surface area contributed by atoms with Gasteiger partial charge < -0.3 is 19.7 Å². The van der Waals surface area contributed by atoms with Gasteiger partial charge in [-0.15, -0.1) is 0 Å². The van der Waals surface area contributed by atoms with Crippen molar-refractivity contribution in [3.05, 3.63) is 93.7 Å². The van der Waals surface area contributed by atoms with Crippen molar-refractivity contribution >= 4 is 17.5 Å². The maximum Gasteiger partial charge on any atom is 0.400 e. The first kappa shape index (κ1) is 19.5. The molecule has 0 aliphatic rings. The molecule has 3 aromatic rings. The molecule has 9 nitrogen and oxygen atoms in total. The molecule has 1 aromatic heterocycles. The zero-order valence-corrected chi connectivity index (χ0v) is 14.8. The molecule has 0 aliphatic carbocycles. The Morgan fingerprint density at radius 2 is 1.79 bits per heavy atom. The third kappa shape index (κ3) is 5.16. The average molecular weight is 399 g/mol. The van der Waals surface area contributed by atoms with Gasteiger partial charge in [0, 0.05) is 17.7 Å². The van der Waals surface area contributed by atoms with E-state index in [4.69, 9.17) is 19.7 Å². The Morgan fingerprint density at radius 3 is 2.45 bits per heavy atom. The summed E-state index contributed by atoms with van der Waals surface area (Å²) < 4.78 is 23.6. The molecule has 0 amide bonds. The third-order valence-corrected chi connectivity index (χ3v) is 3.66. The number of halogens is 1. The van der Waals surface area contributed by atoms with Crippen LogP contribution in [0.15, 0.2) is 70.2 Å². The van der Waals surface area contributed by atoms with Gasteiger partial charge in [0.05, 0.1) is 4.92 Å². The standard InChI is InChI=1S/C19H14FN3O6/c20-13-3-1-12(2-4-13)18(21)22-29-19(24)17-10-9-16(28-17)11-27-15-7-5-14(6-8-15)23(25)26/h1-10H,11H2,(H2,21,22). The lowest BCUT2D eigenvalue weighted by Crippen LogP contribution is -2.15. The fourth-order valence-electron chi connectivity index (χ4n) is 2.19. The Labute approximate surface area is 163 Å². The molecule has 0 saturated heterocycles. The molecular weight excluding hydrogens is 385 g/mol. The molecule has 3 rings (SSSR count). The largest absolute Gasteiger partial charge is 0.486 e. The topological polar surface area (TPSA) is 130 Å². The summed E-state index contributed by atoms with van der Waals surface area (Å²) in [6, 6.07) is 13.6. The summed E-state index contributed by atoms with van der Waals surface area (Å²) in [4.78, 5) is 26.8. The monoisotopic (exact) mass is 399 g/mol. The Balaban J connectivity index is 1.56. The van der Waals surface area contributed by atoms with E-state index >= 15 is 0 Å². The minimum absolute atomic E-state index is 0.00786. The second-order valence-electron chi connectivity index (χ2n) is 5.67. The van der Waals surface area contributed by atoms with Crippen LogP contribution in [-0.2, 0) is 11.4 Å². The van der Waals surface area contributed by atoms with E-state index in [0.29, 0.717) is 17.1 Å². The minimum Gasteiger partial charge on any atom is -0.486 e. The van der Waals surface area contributed by atoms with Crippen LogP contribution >= 0.6 is 0 Å². The van der Waals surface area contributed by atoms with Gasteiger partial charge in [0.15, 0.2) is 5.84 Å². The number of hydrogen-bond donors (Lipinski definition) is 1. The number of ether oxygens (including phenoxy) is 1. The lowest BCUT2D eigenvalue weighted by Gasteiger charge is -2.03. The molecule has 10 heteroatoms. The van der Waals surface area contributed by atoms with Gasteiger partial charge in [-0.3, -0.25) is 10.1 Å². The SMILES string of the molecule is N/C(=N\OC(=O)c1ccc(COc2ccc([N+](=O)[O-])cc2)o1)c1ccc(F)cc1. The first-order valence-electron chi connectivity index (χ1n) is 8.19. The van der Waals surface area contributed by atoms with Gasteiger partial charge in [-0.2, -0.15) is 0 Å². The minimum atomic E-state index is -0.878. The summed E-state index contributed by atoms with van der Waals surface area (Å²) in [5.41, 5.74) is 6.01. The summed E-state index contributed by atoms with van der Waals surface area (Å²) >= 11 is 0. The number of nitrogens with two attached hydrogens (primary N) is 1. The van der Waals surface area contributed by atoms with E-state index in [1.165, 1.54) is 60.7 Å². The highest BCUT2D eigenvalue weighted by Crippen LogP contribution is 2.19. The number of carbonyl (C=O) groups excluding carboxylic acids is 1. The number of hydrogen-bond acceptors (Lipinski definition) is 7. The van der Waals surface area contributed by atoms with Crippen LogP contribution in [0.5, 0.6) is 5.75 Å². The van der Waals surface area contributed by atoms with Crippen molar-refractivity contribution in [2.45, 2.75) is 6.61 Å². The number of amidine groups is 1. The quantitative estimate of drug-likeness (QED) is 0.212. The highest BCUT2D eigenvalue weighted by atomic mass is 19.1. The fraction of sp³-hybridized carbons (Fsp3) is 0.0526. The van der Waals surface area contributed by atoms with E-state index in [1.807, 2.05) is 0 Å². The van der Waals surface area contributed by atoms with Gasteiger partial charge in [0.1, 0.15) is 23.9 Å².